The number of hydrogen-bond donors (Lipinski definition) is 1. The van der Waals surface area contributed by atoms with E-state index >= 15 is 0 Å². The molecule has 0 atom stereocenters. The number of nitrogens with zero attached hydrogens (tertiary/aromatic N) is 5. The molecule has 12 nitrogen and oxygen atoms in total. The third-order valence-corrected chi connectivity index (χ3v) is 8.33. The Labute approximate surface area is 232 Å². The molecule has 1 fully saturated rings. The van der Waals surface area contributed by atoms with Crippen molar-refractivity contribution in [2.75, 3.05) is 36.5 Å². The minimum Gasteiger partial charge on any atom is -0.444 e. The molecule has 1 aliphatic rings. The number of amides is 1. The molecule has 0 saturated carbocycles. The predicted molar refractivity (Wildman–Crippen MR) is 150 cm³/mol. The predicted octanol–water partition coefficient (Wildman–Crippen LogP) is 5.35. The maximum Gasteiger partial charge on any atom is 0.475 e. The number of phosphoric acid groups is 1. The van der Waals surface area contributed by atoms with E-state index < -0.39 is 13.7 Å². The lowest BCUT2D eigenvalue weighted by molar-refractivity contribution is 0.0726. The Kier molecular flexibility index (Phi) is 8.32. The van der Waals surface area contributed by atoms with Gasteiger partial charge in [-0.3, -0.25) is 28.0 Å². The zero-order valence-corrected chi connectivity index (χ0v) is 23.9. The van der Waals surface area contributed by atoms with E-state index in [1.54, 1.807) is 37.0 Å². The lowest BCUT2D eigenvalue weighted by Gasteiger charge is -2.35. The summed E-state index contributed by atoms with van der Waals surface area (Å²) < 4.78 is 36.6. The van der Waals surface area contributed by atoms with Gasteiger partial charge in [-0.05, 0) is 57.9 Å². The normalized spacial score (nSPS) is 14.7. The number of oxazole rings is 1. The van der Waals surface area contributed by atoms with Crippen LogP contribution in [0.5, 0.6) is 0 Å². The van der Waals surface area contributed by atoms with Crippen LogP contribution in [-0.4, -0.2) is 58.1 Å². The van der Waals surface area contributed by atoms with Gasteiger partial charge < -0.3 is 14.6 Å². The van der Waals surface area contributed by atoms with Crippen LogP contribution in [0, 0.1) is 6.92 Å². The van der Waals surface area contributed by atoms with Crippen LogP contribution in [0.2, 0.25) is 0 Å². The molecular weight excluding hydrogens is 535 g/mol. The van der Waals surface area contributed by atoms with Crippen molar-refractivity contribution in [3.8, 4) is 11.5 Å². The van der Waals surface area contributed by atoms with Crippen molar-refractivity contribution in [3.63, 3.8) is 0 Å². The number of carbonyl (C=O) groups excluding carboxylic acids is 1. The summed E-state index contributed by atoms with van der Waals surface area (Å²) in [7, 11) is -1.73. The number of rotatable bonds is 10. The molecule has 3 aromatic heterocycles. The van der Waals surface area contributed by atoms with Crippen LogP contribution >= 0.6 is 7.82 Å². The van der Waals surface area contributed by atoms with Gasteiger partial charge in [-0.1, -0.05) is 0 Å². The molecule has 5 rings (SSSR count). The highest BCUT2D eigenvalue weighted by Gasteiger charge is 2.33. The third-order valence-electron chi connectivity index (χ3n) is 6.63. The maximum absolute atomic E-state index is 13.3. The number of phosphoric ester groups is 1. The highest BCUT2D eigenvalue weighted by Crippen LogP contribution is 2.51. The largest absolute Gasteiger partial charge is 0.475 e. The number of piperidine rings is 1. The van der Waals surface area contributed by atoms with E-state index in [-0.39, 0.29) is 25.0 Å². The molecule has 0 unspecified atom stereocenters. The summed E-state index contributed by atoms with van der Waals surface area (Å²) in [6.45, 7) is 7.08. The van der Waals surface area contributed by atoms with Crippen molar-refractivity contribution in [3.05, 3.63) is 54.3 Å². The van der Waals surface area contributed by atoms with Gasteiger partial charge in [-0.25, -0.2) is 9.55 Å². The first kappa shape index (κ1) is 28.0. The minimum absolute atomic E-state index is 0.163. The molecule has 1 N–H and O–H groups in total. The summed E-state index contributed by atoms with van der Waals surface area (Å²) in [5.41, 5.74) is 4.13. The van der Waals surface area contributed by atoms with Crippen LogP contribution < -0.4 is 10.2 Å². The van der Waals surface area contributed by atoms with Gasteiger partial charge in [0.05, 0.1) is 42.4 Å². The highest BCUT2D eigenvalue weighted by molar-refractivity contribution is 7.48. The molecule has 0 aliphatic carbocycles. The van der Waals surface area contributed by atoms with Gasteiger partial charge in [-0.15, -0.1) is 0 Å². The van der Waals surface area contributed by atoms with Crippen LogP contribution in [0.1, 0.15) is 42.9 Å². The van der Waals surface area contributed by atoms with Gasteiger partial charge in [0, 0.05) is 43.0 Å². The van der Waals surface area contributed by atoms with Crippen molar-refractivity contribution in [2.45, 2.75) is 39.7 Å². The topological polar surface area (TPSA) is 134 Å². The SMILES string of the molecule is CCOP(=O)(OCC)OC1CCN(c2cc3c(cnn3C)cc2NC(=O)c2coc(-c3ccnc(C)c3)n2)CC1. The highest BCUT2D eigenvalue weighted by atomic mass is 31.2. The molecule has 1 aromatic carbocycles. The molecule has 4 aromatic rings. The number of hydrogen-bond acceptors (Lipinski definition) is 10. The Morgan fingerprint density at radius 2 is 1.93 bits per heavy atom. The van der Waals surface area contributed by atoms with E-state index in [1.165, 1.54) is 6.26 Å². The first-order chi connectivity index (χ1) is 19.3. The lowest BCUT2D eigenvalue weighted by Crippen LogP contribution is -2.37. The monoisotopic (exact) mass is 568 g/mol. The Morgan fingerprint density at radius 1 is 1.18 bits per heavy atom. The molecule has 212 valence electrons. The van der Waals surface area contributed by atoms with E-state index in [0.29, 0.717) is 37.5 Å². The van der Waals surface area contributed by atoms with Gasteiger partial charge in [0.2, 0.25) is 5.89 Å². The molecule has 0 radical (unpaired) electrons. The summed E-state index contributed by atoms with van der Waals surface area (Å²) in [5.74, 6) is -0.0464. The summed E-state index contributed by atoms with van der Waals surface area (Å²) in [4.78, 5) is 24.0. The smallest absolute Gasteiger partial charge is 0.444 e. The van der Waals surface area contributed by atoms with E-state index in [2.05, 4.69) is 25.3 Å². The Bertz CT molecular complexity index is 1530. The second kappa shape index (κ2) is 11.9. The Balaban J connectivity index is 1.35. The first-order valence-corrected chi connectivity index (χ1v) is 14.7. The maximum atomic E-state index is 13.3. The number of benzene rings is 1. The van der Waals surface area contributed by atoms with E-state index in [1.807, 2.05) is 32.2 Å². The van der Waals surface area contributed by atoms with E-state index in [9.17, 15) is 9.36 Å². The fourth-order valence-electron chi connectivity index (χ4n) is 4.72. The van der Waals surface area contributed by atoms with E-state index in [4.69, 9.17) is 18.0 Å². The van der Waals surface area contributed by atoms with Gasteiger partial charge in [0.15, 0.2) is 5.69 Å². The lowest BCUT2D eigenvalue weighted by atomic mass is 10.1. The molecule has 40 heavy (non-hydrogen) atoms. The number of nitrogens with one attached hydrogen (secondary N) is 1. The average Bonchev–Trinajstić information content (AvgIpc) is 3.56. The molecule has 0 bridgehead atoms. The average molecular weight is 569 g/mol. The molecule has 1 amide bonds. The zero-order chi connectivity index (χ0) is 28.3. The van der Waals surface area contributed by atoms with Crippen LogP contribution in [0.3, 0.4) is 0 Å². The molecule has 1 saturated heterocycles. The molecule has 1 aliphatic heterocycles. The number of carbonyl (C=O) groups is 1. The minimum atomic E-state index is -3.60. The van der Waals surface area contributed by atoms with Crippen molar-refractivity contribution in [1.29, 1.82) is 0 Å². The first-order valence-electron chi connectivity index (χ1n) is 13.3. The second-order valence-corrected chi connectivity index (χ2v) is 11.1. The Hall–Kier alpha value is -3.57. The number of anilines is 2. The molecular formula is C27H33N6O6P. The van der Waals surface area contributed by atoms with Gasteiger partial charge in [-0.2, -0.15) is 5.10 Å². The Morgan fingerprint density at radius 3 is 2.62 bits per heavy atom. The summed E-state index contributed by atoms with van der Waals surface area (Å²) in [6, 6.07) is 7.54. The zero-order valence-electron chi connectivity index (χ0n) is 23.0. The van der Waals surface area contributed by atoms with Crippen molar-refractivity contribution >= 4 is 36.0 Å². The number of aryl methyl sites for hydroxylation is 2. The van der Waals surface area contributed by atoms with Crippen LogP contribution in [-0.2, 0) is 25.2 Å². The van der Waals surface area contributed by atoms with Gasteiger partial charge in [0.1, 0.15) is 6.26 Å². The standard InChI is InChI=1S/C27H33N6O6P/c1-5-37-40(35,38-6-2)39-21-8-11-33(12-9-21)25-15-24-20(16-29-32(24)4)14-22(25)30-26(34)23-17-36-27(31-23)19-7-10-28-18(3)13-19/h7,10,13-17,21H,5-6,8-9,11-12H2,1-4H3,(H,30,34). The van der Waals surface area contributed by atoms with Crippen LogP contribution in [0.15, 0.2) is 47.3 Å². The van der Waals surface area contributed by atoms with Crippen molar-refractivity contribution < 1.29 is 27.3 Å². The van der Waals surface area contributed by atoms with Crippen molar-refractivity contribution in [2.24, 2.45) is 7.05 Å². The van der Waals surface area contributed by atoms with Crippen LogP contribution in [0.4, 0.5) is 11.4 Å². The number of aromatic nitrogens is 4. The number of pyridine rings is 1. The number of fused-ring (bicyclic) bond motifs is 1. The second-order valence-electron chi connectivity index (χ2n) is 9.45. The van der Waals surface area contributed by atoms with Gasteiger partial charge in [0.25, 0.3) is 5.91 Å². The summed E-state index contributed by atoms with van der Waals surface area (Å²) >= 11 is 0. The summed E-state index contributed by atoms with van der Waals surface area (Å²) in [6.07, 6.45) is 5.72. The quantitative estimate of drug-likeness (QED) is 0.250. The third kappa shape index (κ3) is 6.10. The fourth-order valence-corrected chi connectivity index (χ4v) is 6.13. The van der Waals surface area contributed by atoms with Crippen molar-refractivity contribution in [1.82, 2.24) is 19.7 Å². The fraction of sp³-hybridized carbons (Fsp3) is 0.407. The van der Waals surface area contributed by atoms with Gasteiger partial charge >= 0.3 is 7.82 Å². The summed E-state index contributed by atoms with van der Waals surface area (Å²) in [5, 5.41) is 8.27. The molecule has 4 heterocycles. The molecule has 13 heteroatoms. The van der Waals surface area contributed by atoms with Crippen LogP contribution in [0.25, 0.3) is 22.4 Å². The molecule has 0 spiro atoms. The van der Waals surface area contributed by atoms with E-state index in [0.717, 1.165) is 27.8 Å².